The number of carbonyl (C=O) groups is 3. The fourth-order valence-corrected chi connectivity index (χ4v) is 3.86. The molecule has 5 nitrogen and oxygen atoms in total. The minimum absolute atomic E-state index is 0.0273. The molecule has 2 atom stereocenters. The first-order valence-corrected chi connectivity index (χ1v) is 7.49. The van der Waals surface area contributed by atoms with Gasteiger partial charge in [-0.15, -0.1) is 0 Å². The molecule has 0 aromatic heterocycles. The Balaban J connectivity index is 1.99. The van der Waals surface area contributed by atoms with E-state index in [0.29, 0.717) is 0 Å². The van der Waals surface area contributed by atoms with E-state index in [0.717, 1.165) is 11.1 Å². The summed E-state index contributed by atoms with van der Waals surface area (Å²) in [5, 5.41) is 0. The molecule has 23 heavy (non-hydrogen) atoms. The van der Waals surface area contributed by atoms with Crippen LogP contribution >= 0.6 is 0 Å². The lowest BCUT2D eigenvalue weighted by molar-refractivity contribution is -0.169. The highest BCUT2D eigenvalue weighted by atomic mass is 16.5. The first kappa shape index (κ1) is 15.5. The molecule has 0 unspecified atom stereocenters. The molecule has 0 spiro atoms. The van der Waals surface area contributed by atoms with Crippen LogP contribution in [0.2, 0.25) is 0 Å². The van der Waals surface area contributed by atoms with E-state index >= 15 is 0 Å². The molecule has 1 saturated carbocycles. The zero-order valence-electron chi connectivity index (χ0n) is 13.1. The Hall–Kier alpha value is -2.43. The molecule has 1 fully saturated rings. The summed E-state index contributed by atoms with van der Waals surface area (Å²) in [6, 6.07) is 9.44. The fourth-order valence-electron chi connectivity index (χ4n) is 3.86. The SMILES string of the molecule is COC(=O)C1(C(=O)OC)CC2=CC(=O)[C@@H](c3ccccc3)[C@H]2C1. The molecule has 0 N–H and O–H groups in total. The Bertz CT molecular complexity index is 673. The van der Waals surface area contributed by atoms with Crippen molar-refractivity contribution in [1.29, 1.82) is 0 Å². The van der Waals surface area contributed by atoms with Crippen LogP contribution in [0.1, 0.15) is 24.3 Å². The van der Waals surface area contributed by atoms with Crippen LogP contribution in [0.3, 0.4) is 0 Å². The second kappa shape index (κ2) is 5.65. The van der Waals surface area contributed by atoms with Gasteiger partial charge in [0, 0.05) is 0 Å². The maximum absolute atomic E-state index is 12.4. The number of allylic oxidation sites excluding steroid dienone is 2. The van der Waals surface area contributed by atoms with E-state index < -0.39 is 17.4 Å². The van der Waals surface area contributed by atoms with Gasteiger partial charge in [0.25, 0.3) is 0 Å². The number of methoxy groups -OCH3 is 2. The molecule has 5 heteroatoms. The van der Waals surface area contributed by atoms with Crippen LogP contribution < -0.4 is 0 Å². The average molecular weight is 314 g/mol. The lowest BCUT2D eigenvalue weighted by atomic mass is 9.80. The van der Waals surface area contributed by atoms with Gasteiger partial charge in [-0.3, -0.25) is 14.4 Å². The third kappa shape index (κ3) is 2.27. The topological polar surface area (TPSA) is 69.7 Å². The normalized spacial score (nSPS) is 24.8. The van der Waals surface area contributed by atoms with Gasteiger partial charge in [-0.1, -0.05) is 35.9 Å². The first-order chi connectivity index (χ1) is 11.0. The summed E-state index contributed by atoms with van der Waals surface area (Å²) in [7, 11) is 2.52. The minimum atomic E-state index is -1.34. The van der Waals surface area contributed by atoms with E-state index in [9.17, 15) is 14.4 Å². The van der Waals surface area contributed by atoms with Crippen molar-refractivity contribution in [2.24, 2.45) is 11.3 Å². The number of ketones is 1. The van der Waals surface area contributed by atoms with E-state index in [1.165, 1.54) is 14.2 Å². The second-order valence-corrected chi connectivity index (χ2v) is 6.06. The van der Waals surface area contributed by atoms with E-state index in [1.807, 2.05) is 30.3 Å². The zero-order valence-corrected chi connectivity index (χ0v) is 13.1. The third-order valence-corrected chi connectivity index (χ3v) is 4.90. The van der Waals surface area contributed by atoms with Gasteiger partial charge in [0.15, 0.2) is 11.2 Å². The second-order valence-electron chi connectivity index (χ2n) is 6.06. The molecule has 0 saturated heterocycles. The van der Waals surface area contributed by atoms with Crippen molar-refractivity contribution in [3.63, 3.8) is 0 Å². The predicted molar refractivity (Wildman–Crippen MR) is 81.5 cm³/mol. The van der Waals surface area contributed by atoms with Crippen LogP contribution in [0.15, 0.2) is 42.0 Å². The van der Waals surface area contributed by atoms with E-state index in [-0.39, 0.29) is 30.5 Å². The highest BCUT2D eigenvalue weighted by molar-refractivity contribution is 6.04. The van der Waals surface area contributed by atoms with Crippen molar-refractivity contribution in [2.75, 3.05) is 14.2 Å². The summed E-state index contributed by atoms with van der Waals surface area (Å²) in [6.45, 7) is 0. The number of carbonyl (C=O) groups excluding carboxylic acids is 3. The molecule has 1 aromatic carbocycles. The van der Waals surface area contributed by atoms with Gasteiger partial charge in [0.1, 0.15) is 0 Å². The van der Waals surface area contributed by atoms with Crippen molar-refractivity contribution in [1.82, 2.24) is 0 Å². The Kier molecular flexibility index (Phi) is 3.80. The molecule has 2 aliphatic rings. The number of hydrogen-bond acceptors (Lipinski definition) is 5. The number of rotatable bonds is 3. The predicted octanol–water partition coefficient (Wildman–Crippen LogP) is 2.02. The average Bonchev–Trinajstić information content (AvgIpc) is 3.08. The number of benzene rings is 1. The Morgan fingerprint density at radius 2 is 1.70 bits per heavy atom. The summed E-state index contributed by atoms with van der Waals surface area (Å²) in [5.74, 6) is -1.68. The van der Waals surface area contributed by atoms with Crippen LogP contribution in [-0.4, -0.2) is 31.9 Å². The lowest BCUT2D eigenvalue weighted by Gasteiger charge is -2.24. The lowest BCUT2D eigenvalue weighted by Crippen LogP contribution is -2.39. The molecule has 0 amide bonds. The van der Waals surface area contributed by atoms with E-state index in [4.69, 9.17) is 9.47 Å². The van der Waals surface area contributed by atoms with Gasteiger partial charge < -0.3 is 9.47 Å². The summed E-state index contributed by atoms with van der Waals surface area (Å²) < 4.78 is 9.68. The molecule has 2 aliphatic carbocycles. The van der Waals surface area contributed by atoms with Gasteiger partial charge in [0.05, 0.1) is 20.1 Å². The number of hydrogen-bond donors (Lipinski definition) is 0. The van der Waals surface area contributed by atoms with Crippen LogP contribution in [-0.2, 0) is 23.9 Å². The van der Waals surface area contributed by atoms with Crippen molar-refractivity contribution in [2.45, 2.75) is 18.8 Å². The largest absolute Gasteiger partial charge is 0.468 e. The molecular weight excluding hydrogens is 296 g/mol. The quantitative estimate of drug-likeness (QED) is 0.630. The fraction of sp³-hybridized carbons (Fsp3) is 0.389. The zero-order chi connectivity index (χ0) is 16.6. The van der Waals surface area contributed by atoms with Gasteiger partial charge in [-0.05, 0) is 30.4 Å². The number of ether oxygens (including phenoxy) is 2. The molecule has 0 heterocycles. The molecule has 0 aliphatic heterocycles. The first-order valence-electron chi connectivity index (χ1n) is 7.49. The standard InChI is InChI=1S/C18H18O5/c1-22-16(20)18(17(21)23-2)9-12-8-14(19)15(13(12)10-18)11-6-4-3-5-7-11/h3-8,13,15H,9-10H2,1-2H3/t13-,15-/m0/s1. The Morgan fingerprint density at radius 1 is 1.09 bits per heavy atom. The molecule has 1 aromatic rings. The highest BCUT2D eigenvalue weighted by Gasteiger charge is 2.59. The van der Waals surface area contributed by atoms with Crippen molar-refractivity contribution < 1.29 is 23.9 Å². The number of fused-ring (bicyclic) bond motifs is 1. The highest BCUT2D eigenvalue weighted by Crippen LogP contribution is 2.55. The number of esters is 2. The van der Waals surface area contributed by atoms with Crippen molar-refractivity contribution in [3.05, 3.63) is 47.5 Å². The Labute approximate surface area is 134 Å². The van der Waals surface area contributed by atoms with Gasteiger partial charge in [-0.25, -0.2) is 0 Å². The Morgan fingerprint density at radius 3 is 2.26 bits per heavy atom. The van der Waals surface area contributed by atoms with E-state index in [1.54, 1.807) is 6.08 Å². The monoisotopic (exact) mass is 314 g/mol. The smallest absolute Gasteiger partial charge is 0.323 e. The summed E-state index contributed by atoms with van der Waals surface area (Å²) in [6.07, 6.45) is 2.01. The van der Waals surface area contributed by atoms with Gasteiger partial charge >= 0.3 is 11.9 Å². The van der Waals surface area contributed by atoms with Gasteiger partial charge in [0.2, 0.25) is 0 Å². The maximum atomic E-state index is 12.4. The van der Waals surface area contributed by atoms with Crippen LogP contribution in [0, 0.1) is 11.3 Å². The summed E-state index contributed by atoms with van der Waals surface area (Å²) in [5.41, 5.74) is 0.396. The summed E-state index contributed by atoms with van der Waals surface area (Å²) in [4.78, 5) is 36.9. The van der Waals surface area contributed by atoms with Crippen LogP contribution in [0.5, 0.6) is 0 Å². The summed E-state index contributed by atoms with van der Waals surface area (Å²) >= 11 is 0. The van der Waals surface area contributed by atoms with E-state index in [2.05, 4.69) is 0 Å². The molecule has 120 valence electrons. The molecule has 3 rings (SSSR count). The van der Waals surface area contributed by atoms with Crippen molar-refractivity contribution in [3.8, 4) is 0 Å². The molecular formula is C18H18O5. The van der Waals surface area contributed by atoms with Gasteiger partial charge in [-0.2, -0.15) is 0 Å². The molecule has 0 radical (unpaired) electrons. The van der Waals surface area contributed by atoms with Crippen molar-refractivity contribution >= 4 is 17.7 Å². The third-order valence-electron chi connectivity index (χ3n) is 4.90. The maximum Gasteiger partial charge on any atom is 0.323 e. The van der Waals surface area contributed by atoms with Crippen LogP contribution in [0.25, 0.3) is 0 Å². The van der Waals surface area contributed by atoms with Crippen LogP contribution in [0.4, 0.5) is 0 Å². The minimum Gasteiger partial charge on any atom is -0.468 e. The molecule has 0 bridgehead atoms.